The van der Waals surface area contributed by atoms with Crippen molar-refractivity contribution in [1.82, 2.24) is 0 Å². The fourth-order valence-corrected chi connectivity index (χ4v) is 4.68. The van der Waals surface area contributed by atoms with Crippen LogP contribution in [0, 0.1) is 22.0 Å². The molecule has 4 aromatic carbocycles. The second-order valence-corrected chi connectivity index (χ2v) is 11.1. The molecule has 16 nitrogen and oxygen atoms in total. The van der Waals surface area contributed by atoms with Crippen LogP contribution in [0.5, 0.6) is 0 Å². The monoisotopic (exact) mass is 715 g/mol. The minimum Gasteiger partial charge on any atom is -0.456 e. The Morgan fingerprint density at radius 1 is 0.434 bits per heavy atom. The van der Waals surface area contributed by atoms with Crippen molar-refractivity contribution >= 4 is 46.7 Å². The van der Waals surface area contributed by atoms with Crippen LogP contribution in [0.3, 0.4) is 0 Å². The summed E-state index contributed by atoms with van der Waals surface area (Å²) < 4.78 is 22.2. The van der Waals surface area contributed by atoms with Crippen molar-refractivity contribution in [3.05, 3.63) is 149 Å². The highest BCUT2D eigenvalue weighted by molar-refractivity contribution is 6.42. The molecule has 3 N–H and O–H groups in total. The maximum Gasteiger partial charge on any atom is 0.455 e. The number of hydrogen-bond donors (Lipinski definition) is 3. The number of esters is 4. The van der Waals surface area contributed by atoms with E-state index in [2.05, 4.69) is 19.2 Å². The van der Waals surface area contributed by atoms with E-state index < -0.39 is 78.6 Å². The van der Waals surface area contributed by atoms with Crippen LogP contribution >= 0.6 is 0 Å². The number of nitrogens with one attached hydrogen (secondary N) is 3. The molecule has 0 heterocycles. The largest absolute Gasteiger partial charge is 0.456 e. The van der Waals surface area contributed by atoms with Crippen LogP contribution in [0.4, 0.5) is 0 Å². The molecule has 0 amide bonds. The first-order valence-corrected chi connectivity index (χ1v) is 15.6. The molecule has 4 rings (SSSR count). The molecule has 0 spiro atoms. The van der Waals surface area contributed by atoms with Gasteiger partial charge in [-0.2, -0.15) is 4.79 Å². The van der Waals surface area contributed by atoms with Crippen LogP contribution in [0.1, 0.15) is 22.3 Å². The van der Waals surface area contributed by atoms with Crippen LogP contribution < -0.4 is 0 Å². The Hall–Kier alpha value is -7.72. The van der Waals surface area contributed by atoms with Gasteiger partial charge in [0.05, 0.1) is 53.2 Å². The van der Waals surface area contributed by atoms with Crippen molar-refractivity contribution in [1.29, 1.82) is 16.6 Å². The van der Waals surface area contributed by atoms with E-state index in [1.807, 2.05) is 0 Å². The molecule has 0 saturated carbocycles. The van der Waals surface area contributed by atoms with E-state index in [1.54, 1.807) is 72.8 Å². The Bertz CT molecular complexity index is 1860. The quantitative estimate of drug-likeness (QED) is 0.0509. The summed E-state index contributed by atoms with van der Waals surface area (Å²) in [6.07, 6.45) is 0. The van der Waals surface area contributed by atoms with Gasteiger partial charge in [-0.15, -0.1) is 0 Å². The Morgan fingerprint density at radius 2 is 0.660 bits per heavy atom. The molecule has 16 heteroatoms. The molecule has 4 aromatic rings. The normalized spacial score (nSPS) is 11.0. The van der Waals surface area contributed by atoms with Crippen molar-refractivity contribution in [2.24, 2.45) is 5.41 Å². The van der Waals surface area contributed by atoms with Gasteiger partial charge in [0.25, 0.3) is 0 Å². The maximum atomic E-state index is 13.3. The topological polar surface area (TPSA) is 255 Å². The van der Waals surface area contributed by atoms with Crippen molar-refractivity contribution in [2.75, 3.05) is 26.4 Å². The van der Waals surface area contributed by atoms with Gasteiger partial charge in [0.1, 0.15) is 31.8 Å². The van der Waals surface area contributed by atoms with Crippen LogP contribution in [0.15, 0.2) is 121 Å². The molecule has 0 aliphatic heterocycles. The second-order valence-electron chi connectivity index (χ2n) is 11.1. The van der Waals surface area contributed by atoms with Crippen LogP contribution in [0.2, 0.25) is 0 Å². The summed E-state index contributed by atoms with van der Waals surface area (Å²) >= 11 is 0. The molecule has 0 bridgehead atoms. The maximum absolute atomic E-state index is 13.3. The van der Waals surface area contributed by atoms with Gasteiger partial charge >= 0.3 is 46.7 Å². The third kappa shape index (κ3) is 10.2. The Balaban J connectivity index is 1.71. The van der Waals surface area contributed by atoms with E-state index in [-0.39, 0.29) is 22.3 Å². The zero-order valence-electron chi connectivity index (χ0n) is 27.9. The Kier molecular flexibility index (Phi) is 13.6. The lowest BCUT2D eigenvalue weighted by atomic mass is 9.91. The van der Waals surface area contributed by atoms with E-state index in [0.29, 0.717) is 0 Å². The highest BCUT2D eigenvalue weighted by atomic mass is 16.6. The highest BCUT2D eigenvalue weighted by Gasteiger charge is 2.43. The molecular weight excluding hydrogens is 684 g/mol. The third-order valence-electron chi connectivity index (χ3n) is 7.44. The third-order valence-corrected chi connectivity index (χ3v) is 7.44. The van der Waals surface area contributed by atoms with Gasteiger partial charge in [-0.25, -0.2) is 19.2 Å². The standard InChI is InChI=1S/C37H31N8O8/c38-42-29(25-13-5-1-6-14-25)33(46)50-21-37(22-51-34(47)30(43-39)26-15-7-2-8-16-26,23-52-35(48)31(44-40)27-17-9-3-10-18-27)24-53-36(49)32(45-41)28-19-11-4-12-20-28/h1-20,38-40H,21-24H2/q+3. The minimum atomic E-state index is -1.91. The van der Waals surface area contributed by atoms with Crippen LogP contribution in [0.25, 0.3) is 5.53 Å². The Labute approximate surface area is 301 Å². The lowest BCUT2D eigenvalue weighted by Gasteiger charge is -2.30. The number of ether oxygens (including phenoxy) is 4. The van der Waals surface area contributed by atoms with Crippen LogP contribution in [-0.2, 0) is 38.1 Å². The number of rotatable bonds is 16. The van der Waals surface area contributed by atoms with E-state index in [1.165, 1.54) is 48.5 Å². The first kappa shape index (κ1) is 38.1. The van der Waals surface area contributed by atoms with Crippen molar-refractivity contribution in [3.8, 4) is 0 Å². The van der Waals surface area contributed by atoms with Gasteiger partial charge < -0.3 is 24.5 Å². The van der Waals surface area contributed by atoms with E-state index in [0.717, 1.165) is 0 Å². The molecule has 0 aliphatic rings. The summed E-state index contributed by atoms with van der Waals surface area (Å²) in [5, 5.41) is 0. The average Bonchev–Trinajstić information content (AvgIpc) is 3.20. The molecule has 0 aromatic heterocycles. The smallest absolute Gasteiger partial charge is 0.455 e. The van der Waals surface area contributed by atoms with Gasteiger partial charge in [0.2, 0.25) is 0 Å². The molecule has 0 atom stereocenters. The lowest BCUT2D eigenvalue weighted by molar-refractivity contribution is -0.172. The summed E-state index contributed by atoms with van der Waals surface area (Å²) in [7, 11) is 0. The number of carbonyl (C=O) groups is 4. The van der Waals surface area contributed by atoms with Gasteiger partial charge in [-0.3, -0.25) is 0 Å². The predicted octanol–water partition coefficient (Wildman–Crippen LogP) is 3.05. The molecule has 53 heavy (non-hydrogen) atoms. The molecular formula is C37H31N8O8+3. The van der Waals surface area contributed by atoms with E-state index in [4.69, 9.17) is 35.5 Å². The van der Waals surface area contributed by atoms with Gasteiger partial charge in [0, 0.05) is 0 Å². The zero-order chi connectivity index (χ0) is 38.1. The number of carbonyl (C=O) groups excluding carboxylic acids is 4. The fraction of sp³-hybridized carbons (Fsp3) is 0.135. The highest BCUT2D eigenvalue weighted by Crippen LogP contribution is 2.23. The molecule has 0 unspecified atom stereocenters. The van der Waals surface area contributed by atoms with Crippen molar-refractivity contribution in [3.63, 3.8) is 0 Å². The average molecular weight is 716 g/mol. The number of hydrogen-bond acceptors (Lipinski definition) is 11. The molecule has 264 valence electrons. The second kappa shape index (κ2) is 18.9. The summed E-state index contributed by atoms with van der Waals surface area (Å²) in [4.78, 5) is 66.2. The first-order chi connectivity index (χ1) is 25.8. The number of benzene rings is 4. The van der Waals surface area contributed by atoms with Gasteiger partial charge in [-0.1, -0.05) is 72.8 Å². The first-order valence-electron chi connectivity index (χ1n) is 15.6. The zero-order valence-corrected chi connectivity index (χ0v) is 27.9. The van der Waals surface area contributed by atoms with Crippen molar-refractivity contribution < 1.29 is 57.3 Å². The van der Waals surface area contributed by atoms with Crippen LogP contribution in [-0.4, -0.2) is 92.3 Å². The van der Waals surface area contributed by atoms with E-state index in [9.17, 15) is 24.7 Å². The minimum absolute atomic E-state index is 0.187. The van der Waals surface area contributed by atoms with E-state index >= 15 is 0 Å². The van der Waals surface area contributed by atoms with Crippen molar-refractivity contribution in [2.45, 2.75) is 0 Å². The molecule has 0 aliphatic carbocycles. The number of nitrogens with zero attached hydrogens (tertiary/aromatic N) is 5. The summed E-state index contributed by atoms with van der Waals surface area (Å²) in [5.74, 6) is -4.45. The van der Waals surface area contributed by atoms with Gasteiger partial charge in [-0.05, 0) is 48.5 Å². The Morgan fingerprint density at radius 3 is 0.887 bits per heavy atom. The lowest BCUT2D eigenvalue weighted by Crippen LogP contribution is -2.46. The van der Waals surface area contributed by atoms with Gasteiger partial charge in [0.15, 0.2) is 0 Å². The summed E-state index contributed by atoms with van der Waals surface area (Å²) in [6.45, 7) is -3.12. The molecule has 0 radical (unpaired) electrons. The SMILES string of the molecule is [N-]=[N+]=C(C(=O)OCC(COC(=O)C(=[N+]=N)c1ccccc1)(COC(=O)C(=[N+]=N)c1ccccc1)COC(=O)C(=[N+]=N)c1ccccc1)c1ccccc1. The predicted molar refractivity (Wildman–Crippen MR) is 181 cm³/mol. The fourth-order valence-electron chi connectivity index (χ4n) is 4.68. The molecule has 0 saturated heterocycles. The summed E-state index contributed by atoms with van der Waals surface area (Å²) in [5.41, 5.74) is 29.8. The molecule has 0 fully saturated rings. The summed E-state index contributed by atoms with van der Waals surface area (Å²) in [6, 6.07) is 31.6.